The van der Waals surface area contributed by atoms with Crippen LogP contribution >= 0.6 is 43.2 Å². The average Bonchev–Trinajstić information content (AvgIpc) is 3.27. The molecule has 0 aliphatic carbocycles. The van der Waals surface area contributed by atoms with Crippen LogP contribution in [0.15, 0.2) is 104 Å². The lowest BCUT2D eigenvalue weighted by Gasteiger charge is -2.25. The molecule has 0 bridgehead atoms. The van der Waals surface area contributed by atoms with E-state index in [2.05, 4.69) is 38.4 Å². The molecule has 208 valence electrons. The number of carbonyl (C=O) groups excluding carboxylic acids is 1. The van der Waals surface area contributed by atoms with Crippen LogP contribution in [0.2, 0.25) is 0 Å². The Morgan fingerprint density at radius 3 is 2.44 bits per heavy atom. The second kappa shape index (κ2) is 12.5. The Morgan fingerprint density at radius 2 is 1.80 bits per heavy atom. The van der Waals surface area contributed by atoms with Crippen LogP contribution in [0.3, 0.4) is 0 Å². The van der Waals surface area contributed by atoms with Crippen LogP contribution in [-0.2, 0) is 9.53 Å². The van der Waals surface area contributed by atoms with Gasteiger partial charge in [0.15, 0.2) is 4.80 Å². The summed E-state index contributed by atoms with van der Waals surface area (Å²) in [5.74, 6) is -0.407. The predicted octanol–water partition coefficient (Wildman–Crippen LogP) is 6.16. The van der Waals surface area contributed by atoms with Crippen molar-refractivity contribution in [1.82, 2.24) is 4.57 Å². The number of carbonyl (C=O) groups is 1. The quantitative estimate of drug-likeness (QED) is 0.163. The molecule has 0 N–H and O–H groups in total. The van der Waals surface area contributed by atoms with Gasteiger partial charge in [-0.2, -0.15) is 0 Å². The Hall–Kier alpha value is -3.60. The summed E-state index contributed by atoms with van der Waals surface area (Å²) in [4.78, 5) is 32.7. The molecule has 0 unspecified atom stereocenters. The van der Waals surface area contributed by atoms with Crippen molar-refractivity contribution in [3.05, 3.63) is 136 Å². The first-order chi connectivity index (χ1) is 19.8. The molecule has 3 aromatic carbocycles. The van der Waals surface area contributed by atoms with Crippen molar-refractivity contribution in [1.29, 1.82) is 0 Å². The number of aromatic nitrogens is 1. The first kappa shape index (κ1) is 28.9. The van der Waals surface area contributed by atoms with Gasteiger partial charge in [-0.3, -0.25) is 9.36 Å². The highest BCUT2D eigenvalue weighted by molar-refractivity contribution is 9.11. The molecule has 1 aliphatic rings. The molecule has 4 aromatic rings. The molecule has 1 atom stereocenters. The van der Waals surface area contributed by atoms with Crippen LogP contribution in [0.25, 0.3) is 11.8 Å². The molecule has 1 aromatic heterocycles. The molecule has 2 heterocycles. The third kappa shape index (κ3) is 5.91. The maximum absolute atomic E-state index is 14.0. The molecule has 41 heavy (non-hydrogen) atoms. The van der Waals surface area contributed by atoms with E-state index in [-0.39, 0.29) is 17.7 Å². The third-order valence-electron chi connectivity index (χ3n) is 6.22. The molecule has 0 saturated carbocycles. The van der Waals surface area contributed by atoms with Crippen molar-refractivity contribution in [3.63, 3.8) is 0 Å². The van der Waals surface area contributed by atoms with Gasteiger partial charge in [-0.15, -0.1) is 0 Å². The molecule has 0 amide bonds. The SMILES string of the molecule is C=CCOc1c(Br)cc(/C=c2\sc3n(c2=O)[C@@H](c2ccc(F)cc2)C(C(=O)OCC)=C(c2ccccc2)N=3)cc1Br. The summed E-state index contributed by atoms with van der Waals surface area (Å²) < 4.78 is 28.4. The van der Waals surface area contributed by atoms with Crippen LogP contribution in [-0.4, -0.2) is 23.8 Å². The van der Waals surface area contributed by atoms with Crippen molar-refractivity contribution in [2.75, 3.05) is 13.2 Å². The Morgan fingerprint density at radius 1 is 1.12 bits per heavy atom. The van der Waals surface area contributed by atoms with Crippen molar-refractivity contribution in [2.45, 2.75) is 13.0 Å². The summed E-state index contributed by atoms with van der Waals surface area (Å²) >= 11 is 8.28. The summed E-state index contributed by atoms with van der Waals surface area (Å²) in [6, 6.07) is 17.8. The molecule has 0 saturated heterocycles. The van der Waals surface area contributed by atoms with Crippen molar-refractivity contribution in [2.24, 2.45) is 4.99 Å². The third-order valence-corrected chi connectivity index (χ3v) is 8.38. The number of hydrogen-bond donors (Lipinski definition) is 0. The van der Waals surface area contributed by atoms with Crippen LogP contribution in [0.4, 0.5) is 4.39 Å². The number of halogens is 3. The second-order valence-electron chi connectivity index (χ2n) is 8.90. The Balaban J connectivity index is 1.76. The lowest BCUT2D eigenvalue weighted by atomic mass is 9.93. The molecule has 5 rings (SSSR count). The highest BCUT2D eigenvalue weighted by Crippen LogP contribution is 2.36. The minimum Gasteiger partial charge on any atom is -0.487 e. The van der Waals surface area contributed by atoms with Crippen LogP contribution in [0.1, 0.15) is 29.7 Å². The van der Waals surface area contributed by atoms with Gasteiger partial charge in [-0.1, -0.05) is 66.5 Å². The maximum atomic E-state index is 14.0. The van der Waals surface area contributed by atoms with Crippen molar-refractivity contribution in [3.8, 4) is 5.75 Å². The molecule has 10 heteroatoms. The molecule has 1 aliphatic heterocycles. The van der Waals surface area contributed by atoms with E-state index >= 15 is 0 Å². The van der Waals surface area contributed by atoms with E-state index in [0.29, 0.717) is 47.5 Å². The number of thiazole rings is 1. The minimum atomic E-state index is -0.878. The van der Waals surface area contributed by atoms with Gasteiger partial charge in [-0.05, 0) is 80.3 Å². The molecular weight excluding hydrogens is 675 g/mol. The predicted molar refractivity (Wildman–Crippen MR) is 165 cm³/mol. The summed E-state index contributed by atoms with van der Waals surface area (Å²) in [7, 11) is 0. The second-order valence-corrected chi connectivity index (χ2v) is 11.6. The van der Waals surface area contributed by atoms with E-state index in [1.165, 1.54) is 28.0 Å². The maximum Gasteiger partial charge on any atom is 0.338 e. The van der Waals surface area contributed by atoms with Gasteiger partial charge >= 0.3 is 5.97 Å². The lowest BCUT2D eigenvalue weighted by Crippen LogP contribution is -2.40. The standard InChI is InChI=1S/C31H23Br2FN2O4S/c1-3-14-40-28-22(32)15-18(16-23(28)33)17-24-29(37)36-27(20-10-12-21(34)13-11-20)25(30(38)39-4-2)26(35-31(36)41-24)19-8-6-5-7-9-19/h3,5-13,15-17,27H,1,4,14H2,2H3/b24-17-/t27-/m0/s1. The normalized spacial score (nSPS) is 14.8. The van der Waals surface area contributed by atoms with Crippen LogP contribution in [0, 0.1) is 5.82 Å². The number of rotatable bonds is 8. The fraction of sp³-hybridized carbons (Fsp3) is 0.129. The Kier molecular flexibility index (Phi) is 8.82. The number of hydrogen-bond acceptors (Lipinski definition) is 6. The van der Waals surface area contributed by atoms with Gasteiger partial charge in [0.25, 0.3) is 5.56 Å². The monoisotopic (exact) mass is 696 g/mol. The largest absolute Gasteiger partial charge is 0.487 e. The number of nitrogens with zero attached hydrogens (tertiary/aromatic N) is 2. The van der Waals surface area contributed by atoms with E-state index in [9.17, 15) is 14.0 Å². The zero-order chi connectivity index (χ0) is 29.1. The first-order valence-corrected chi connectivity index (χ1v) is 15.0. The highest BCUT2D eigenvalue weighted by atomic mass is 79.9. The van der Waals surface area contributed by atoms with E-state index in [1.54, 1.807) is 31.2 Å². The molecule has 0 fully saturated rings. The first-order valence-electron chi connectivity index (χ1n) is 12.6. The summed E-state index contributed by atoms with van der Waals surface area (Å²) in [6.45, 7) is 5.87. The zero-order valence-electron chi connectivity index (χ0n) is 21.8. The summed E-state index contributed by atoms with van der Waals surface area (Å²) in [5, 5.41) is 0. The Labute approximate surface area is 256 Å². The Bertz CT molecular complexity index is 1820. The van der Waals surface area contributed by atoms with E-state index in [4.69, 9.17) is 14.5 Å². The fourth-order valence-corrected chi connectivity index (χ4v) is 6.95. The average molecular weight is 698 g/mol. The number of benzene rings is 3. The summed E-state index contributed by atoms with van der Waals surface area (Å²) in [6.07, 6.45) is 3.41. The number of fused-ring (bicyclic) bond motifs is 1. The molecule has 6 nitrogen and oxygen atoms in total. The zero-order valence-corrected chi connectivity index (χ0v) is 25.8. The molecule has 0 radical (unpaired) electrons. The van der Waals surface area contributed by atoms with Crippen molar-refractivity contribution < 1.29 is 18.7 Å². The summed E-state index contributed by atoms with van der Waals surface area (Å²) in [5.41, 5.74) is 2.27. The van der Waals surface area contributed by atoms with E-state index < -0.39 is 17.8 Å². The van der Waals surface area contributed by atoms with Crippen LogP contribution in [0.5, 0.6) is 5.75 Å². The topological polar surface area (TPSA) is 69.9 Å². The van der Waals surface area contributed by atoms with Gasteiger partial charge in [0.1, 0.15) is 18.2 Å². The van der Waals surface area contributed by atoms with Gasteiger partial charge in [0.05, 0.1) is 37.4 Å². The van der Waals surface area contributed by atoms with Crippen molar-refractivity contribution >= 4 is 60.9 Å². The van der Waals surface area contributed by atoms with Gasteiger partial charge < -0.3 is 9.47 Å². The smallest absolute Gasteiger partial charge is 0.338 e. The number of esters is 1. The van der Waals surface area contributed by atoms with Gasteiger partial charge in [0, 0.05) is 5.56 Å². The van der Waals surface area contributed by atoms with Gasteiger partial charge in [0.2, 0.25) is 0 Å². The van der Waals surface area contributed by atoms with E-state index in [0.717, 1.165) is 5.56 Å². The fourth-order valence-electron chi connectivity index (χ4n) is 4.50. The van der Waals surface area contributed by atoms with E-state index in [1.807, 2.05) is 42.5 Å². The molecule has 0 spiro atoms. The highest BCUT2D eigenvalue weighted by Gasteiger charge is 2.35. The minimum absolute atomic E-state index is 0.140. The van der Waals surface area contributed by atoms with Crippen LogP contribution < -0.4 is 19.6 Å². The lowest BCUT2D eigenvalue weighted by molar-refractivity contribution is -0.138. The molecular formula is C31H23Br2FN2O4S. The van der Waals surface area contributed by atoms with Gasteiger partial charge in [-0.25, -0.2) is 14.2 Å². The number of ether oxygens (including phenoxy) is 2.